The maximum absolute atomic E-state index is 12.4. The van der Waals surface area contributed by atoms with E-state index in [4.69, 9.17) is 0 Å². The van der Waals surface area contributed by atoms with Crippen molar-refractivity contribution in [3.8, 4) is 0 Å². The van der Waals surface area contributed by atoms with Gasteiger partial charge in [-0.1, -0.05) is 32.0 Å². The van der Waals surface area contributed by atoms with Crippen molar-refractivity contribution in [3.05, 3.63) is 41.7 Å². The van der Waals surface area contributed by atoms with Gasteiger partial charge in [-0.15, -0.1) is 0 Å². The lowest BCUT2D eigenvalue weighted by Crippen LogP contribution is -2.29. The Kier molecular flexibility index (Phi) is 6.76. The zero-order valence-corrected chi connectivity index (χ0v) is 16.2. The molecule has 1 aromatic heterocycles. The van der Waals surface area contributed by atoms with Crippen LogP contribution < -0.4 is 10.6 Å². The number of amides is 2. The highest BCUT2D eigenvalue weighted by Crippen LogP contribution is 2.27. The van der Waals surface area contributed by atoms with E-state index in [0.29, 0.717) is 24.7 Å². The zero-order chi connectivity index (χ0) is 19.3. The number of hydrogen-bond acceptors (Lipinski definition) is 4. The summed E-state index contributed by atoms with van der Waals surface area (Å²) < 4.78 is 1.62. The van der Waals surface area contributed by atoms with Crippen molar-refractivity contribution in [2.75, 3.05) is 31.3 Å². The minimum atomic E-state index is -0.521. The predicted octanol–water partition coefficient (Wildman–Crippen LogP) is 2.88. The molecule has 0 aliphatic rings. The van der Waals surface area contributed by atoms with Gasteiger partial charge in [0.15, 0.2) is 0 Å². The fourth-order valence-electron chi connectivity index (χ4n) is 2.84. The van der Waals surface area contributed by atoms with E-state index in [9.17, 15) is 9.90 Å². The van der Waals surface area contributed by atoms with Crippen LogP contribution in [-0.4, -0.2) is 52.6 Å². The van der Waals surface area contributed by atoms with E-state index in [1.807, 2.05) is 44.1 Å². The molecule has 2 rings (SSSR count). The number of para-hydroxylation sites is 1. The van der Waals surface area contributed by atoms with Crippen molar-refractivity contribution in [2.24, 2.45) is 0 Å². The first-order valence-electron chi connectivity index (χ1n) is 8.79. The lowest BCUT2D eigenvalue weighted by molar-refractivity contribution is 0.116. The Morgan fingerprint density at radius 2 is 2.04 bits per heavy atom. The van der Waals surface area contributed by atoms with Gasteiger partial charge in [-0.2, -0.15) is 5.10 Å². The fraction of sp³-hybridized carbons (Fsp3) is 0.474. The number of urea groups is 1. The number of anilines is 2. The molecule has 1 unspecified atom stereocenters. The molecule has 0 spiro atoms. The van der Waals surface area contributed by atoms with Gasteiger partial charge in [-0.25, -0.2) is 4.79 Å². The van der Waals surface area contributed by atoms with Crippen molar-refractivity contribution >= 4 is 17.4 Å². The summed E-state index contributed by atoms with van der Waals surface area (Å²) in [7, 11) is 3.81. The van der Waals surface area contributed by atoms with Gasteiger partial charge in [0.25, 0.3) is 0 Å². The second-order valence-electron chi connectivity index (χ2n) is 7.14. The maximum Gasteiger partial charge on any atom is 0.323 e. The Bertz CT molecular complexity index is 739. The number of aliphatic hydroxyl groups is 1. The molecular weight excluding hydrogens is 330 g/mol. The number of nitrogens with one attached hydrogen (secondary N) is 2. The molecule has 0 saturated carbocycles. The van der Waals surface area contributed by atoms with E-state index >= 15 is 0 Å². The summed E-state index contributed by atoms with van der Waals surface area (Å²) in [6.45, 7) is 7.10. The normalized spacial score (nSPS) is 12.5. The smallest absolute Gasteiger partial charge is 0.323 e. The van der Waals surface area contributed by atoms with Crippen LogP contribution in [0, 0.1) is 6.92 Å². The second-order valence-corrected chi connectivity index (χ2v) is 7.14. The molecule has 1 heterocycles. The third-order valence-electron chi connectivity index (χ3n) is 4.03. The van der Waals surface area contributed by atoms with Crippen LogP contribution in [0.3, 0.4) is 0 Å². The molecule has 2 amide bonds. The van der Waals surface area contributed by atoms with Crippen molar-refractivity contribution in [3.63, 3.8) is 0 Å². The molecule has 0 aliphatic carbocycles. The molecule has 142 valence electrons. The third-order valence-corrected chi connectivity index (χ3v) is 4.03. The number of aryl methyl sites for hydroxylation is 1. The Morgan fingerprint density at radius 1 is 1.31 bits per heavy atom. The van der Waals surface area contributed by atoms with Gasteiger partial charge in [0.05, 0.1) is 24.5 Å². The topological polar surface area (TPSA) is 82.4 Å². The molecule has 1 atom stereocenters. The first-order chi connectivity index (χ1) is 12.3. The van der Waals surface area contributed by atoms with Crippen molar-refractivity contribution < 1.29 is 9.90 Å². The summed E-state index contributed by atoms with van der Waals surface area (Å²) in [4.78, 5) is 14.3. The van der Waals surface area contributed by atoms with Crippen molar-refractivity contribution in [1.29, 1.82) is 0 Å². The number of benzene rings is 1. The summed E-state index contributed by atoms with van der Waals surface area (Å²) in [5, 5.41) is 19.9. The van der Waals surface area contributed by atoms with E-state index in [1.165, 1.54) is 0 Å². The first-order valence-corrected chi connectivity index (χ1v) is 8.79. The average molecular weight is 359 g/mol. The monoisotopic (exact) mass is 359 g/mol. The summed E-state index contributed by atoms with van der Waals surface area (Å²) in [6, 6.07) is 5.69. The fourth-order valence-corrected chi connectivity index (χ4v) is 2.84. The van der Waals surface area contributed by atoms with Gasteiger partial charge in [0, 0.05) is 18.4 Å². The van der Waals surface area contributed by atoms with Gasteiger partial charge in [0.1, 0.15) is 0 Å². The standard InChI is InChI=1S/C19H29N5O2/c1-13(2)17-8-6-7-14(3)18(17)22-19(26)21-15-9-20-24(10-15)12-16(25)11-23(4)5/h6-10,13,16,25H,11-12H2,1-5H3,(H2,21,22,26). The Labute approximate surface area is 155 Å². The molecule has 7 nitrogen and oxygen atoms in total. The van der Waals surface area contributed by atoms with Crippen LogP contribution in [0.1, 0.15) is 30.9 Å². The highest BCUT2D eigenvalue weighted by atomic mass is 16.3. The van der Waals surface area contributed by atoms with Crippen molar-refractivity contribution in [2.45, 2.75) is 39.3 Å². The van der Waals surface area contributed by atoms with Gasteiger partial charge in [-0.05, 0) is 38.1 Å². The van der Waals surface area contributed by atoms with Crippen LogP contribution in [0.4, 0.5) is 16.2 Å². The van der Waals surface area contributed by atoms with Gasteiger partial charge >= 0.3 is 6.03 Å². The summed E-state index contributed by atoms with van der Waals surface area (Å²) in [5.41, 5.74) is 3.55. The largest absolute Gasteiger partial charge is 0.390 e. The van der Waals surface area contributed by atoms with E-state index in [-0.39, 0.29) is 6.03 Å². The molecule has 0 bridgehead atoms. The van der Waals surface area contributed by atoms with Crippen molar-refractivity contribution in [1.82, 2.24) is 14.7 Å². The Morgan fingerprint density at radius 3 is 2.69 bits per heavy atom. The highest BCUT2D eigenvalue weighted by Gasteiger charge is 2.13. The van der Waals surface area contributed by atoms with Crippen LogP contribution in [0.2, 0.25) is 0 Å². The summed E-state index contributed by atoms with van der Waals surface area (Å²) in [6.07, 6.45) is 2.76. The quantitative estimate of drug-likeness (QED) is 0.710. The molecule has 26 heavy (non-hydrogen) atoms. The van der Waals surface area contributed by atoms with Crippen LogP contribution in [0.25, 0.3) is 0 Å². The van der Waals surface area contributed by atoms with E-state index < -0.39 is 6.10 Å². The minimum absolute atomic E-state index is 0.311. The van der Waals surface area contributed by atoms with Crippen LogP contribution in [-0.2, 0) is 6.54 Å². The minimum Gasteiger partial charge on any atom is -0.390 e. The first kappa shape index (κ1) is 19.9. The number of rotatable bonds is 7. The second kappa shape index (κ2) is 8.82. The summed E-state index contributed by atoms with van der Waals surface area (Å²) >= 11 is 0. The lowest BCUT2D eigenvalue weighted by atomic mass is 9.98. The van der Waals surface area contributed by atoms with Gasteiger partial charge in [-0.3, -0.25) is 4.68 Å². The highest BCUT2D eigenvalue weighted by molar-refractivity contribution is 6.00. The van der Waals surface area contributed by atoms with Gasteiger partial charge in [0.2, 0.25) is 0 Å². The van der Waals surface area contributed by atoms with Gasteiger partial charge < -0.3 is 20.6 Å². The molecular formula is C19H29N5O2. The predicted molar refractivity (Wildman–Crippen MR) is 105 cm³/mol. The van der Waals surface area contributed by atoms with E-state index in [2.05, 4.69) is 29.6 Å². The third kappa shape index (κ3) is 5.57. The molecule has 0 fully saturated rings. The van der Waals surface area contributed by atoms with E-state index in [1.54, 1.807) is 17.1 Å². The number of hydrogen-bond donors (Lipinski definition) is 3. The number of carbonyl (C=O) groups is 1. The molecule has 0 radical (unpaired) electrons. The number of carbonyl (C=O) groups excluding carboxylic acids is 1. The zero-order valence-electron chi connectivity index (χ0n) is 16.2. The lowest BCUT2D eigenvalue weighted by Gasteiger charge is -2.16. The number of likely N-dealkylation sites (N-methyl/N-ethyl adjacent to an activating group) is 1. The van der Waals surface area contributed by atoms with E-state index in [0.717, 1.165) is 16.8 Å². The molecule has 0 aliphatic heterocycles. The number of aromatic nitrogens is 2. The number of aliphatic hydroxyl groups excluding tert-OH is 1. The van der Waals surface area contributed by atoms with Crippen LogP contribution in [0.15, 0.2) is 30.6 Å². The van der Waals surface area contributed by atoms with Crippen LogP contribution in [0.5, 0.6) is 0 Å². The number of nitrogens with zero attached hydrogens (tertiary/aromatic N) is 3. The van der Waals surface area contributed by atoms with Crippen LogP contribution >= 0.6 is 0 Å². The maximum atomic E-state index is 12.4. The molecule has 3 N–H and O–H groups in total. The average Bonchev–Trinajstić information content (AvgIpc) is 2.94. The Hall–Kier alpha value is -2.38. The SMILES string of the molecule is Cc1cccc(C(C)C)c1NC(=O)Nc1cnn(CC(O)CN(C)C)c1. The molecule has 0 saturated heterocycles. The summed E-state index contributed by atoms with van der Waals surface area (Å²) in [5.74, 6) is 0.311. The Balaban J connectivity index is 1.99. The molecule has 1 aromatic carbocycles. The molecule has 2 aromatic rings. The molecule has 7 heteroatoms.